The SMILES string of the molecule is CCCC(CNC(=O)NCc1ncccc1C)C(=O)O. The van der Waals surface area contributed by atoms with Gasteiger partial charge in [0.15, 0.2) is 0 Å². The van der Waals surface area contributed by atoms with Gasteiger partial charge in [0.1, 0.15) is 0 Å². The monoisotopic (exact) mass is 279 g/mol. The molecule has 3 N–H and O–H groups in total. The number of amides is 2. The van der Waals surface area contributed by atoms with Crippen molar-refractivity contribution in [1.29, 1.82) is 0 Å². The molecule has 2 amide bonds. The van der Waals surface area contributed by atoms with Crippen LogP contribution < -0.4 is 10.6 Å². The van der Waals surface area contributed by atoms with Crippen LogP contribution in [0.2, 0.25) is 0 Å². The van der Waals surface area contributed by atoms with Gasteiger partial charge in [-0.3, -0.25) is 9.78 Å². The van der Waals surface area contributed by atoms with Crippen molar-refractivity contribution in [3.63, 3.8) is 0 Å². The molecule has 6 heteroatoms. The summed E-state index contributed by atoms with van der Waals surface area (Å²) in [5.74, 6) is -1.42. The van der Waals surface area contributed by atoms with Crippen LogP contribution in [-0.2, 0) is 11.3 Å². The summed E-state index contributed by atoms with van der Waals surface area (Å²) in [6.07, 6.45) is 2.99. The lowest BCUT2D eigenvalue weighted by atomic mass is 10.0. The Bertz CT molecular complexity index is 463. The summed E-state index contributed by atoms with van der Waals surface area (Å²) < 4.78 is 0. The highest BCUT2D eigenvalue weighted by Crippen LogP contribution is 2.05. The molecule has 1 aromatic heterocycles. The predicted molar refractivity (Wildman–Crippen MR) is 75.2 cm³/mol. The number of carboxylic acid groups (broad SMARTS) is 1. The van der Waals surface area contributed by atoms with Crippen LogP contribution in [-0.4, -0.2) is 28.6 Å². The Kier molecular flexibility index (Phi) is 6.49. The summed E-state index contributed by atoms with van der Waals surface area (Å²) in [7, 11) is 0. The summed E-state index contributed by atoms with van der Waals surface area (Å²) >= 11 is 0. The average Bonchev–Trinajstić information content (AvgIpc) is 2.42. The van der Waals surface area contributed by atoms with Crippen molar-refractivity contribution in [2.75, 3.05) is 6.54 Å². The van der Waals surface area contributed by atoms with E-state index in [1.165, 1.54) is 0 Å². The lowest BCUT2D eigenvalue weighted by Crippen LogP contribution is -2.39. The van der Waals surface area contributed by atoms with Crippen LogP contribution in [0.4, 0.5) is 4.79 Å². The number of aromatic nitrogens is 1. The number of hydrogen-bond donors (Lipinski definition) is 3. The number of pyridine rings is 1. The predicted octanol–water partition coefficient (Wildman–Crippen LogP) is 1.69. The zero-order valence-corrected chi connectivity index (χ0v) is 11.8. The van der Waals surface area contributed by atoms with E-state index in [9.17, 15) is 9.59 Å². The molecule has 110 valence electrons. The molecular formula is C14H21N3O3. The van der Waals surface area contributed by atoms with Crippen molar-refractivity contribution >= 4 is 12.0 Å². The van der Waals surface area contributed by atoms with Gasteiger partial charge in [-0.05, 0) is 25.0 Å². The molecule has 0 bridgehead atoms. The van der Waals surface area contributed by atoms with Crippen LogP contribution in [0.15, 0.2) is 18.3 Å². The van der Waals surface area contributed by atoms with Crippen LogP contribution in [0.5, 0.6) is 0 Å². The fraction of sp³-hybridized carbons (Fsp3) is 0.500. The number of hydrogen-bond acceptors (Lipinski definition) is 3. The molecule has 0 aliphatic heterocycles. The number of rotatable bonds is 7. The minimum atomic E-state index is -0.882. The first kappa shape index (κ1) is 15.9. The minimum Gasteiger partial charge on any atom is -0.481 e. The van der Waals surface area contributed by atoms with E-state index in [2.05, 4.69) is 15.6 Å². The number of urea groups is 1. The molecule has 1 unspecified atom stereocenters. The van der Waals surface area contributed by atoms with Gasteiger partial charge >= 0.3 is 12.0 Å². The van der Waals surface area contributed by atoms with Crippen LogP contribution >= 0.6 is 0 Å². The first-order chi connectivity index (χ1) is 9.54. The second kappa shape index (κ2) is 8.14. The van der Waals surface area contributed by atoms with E-state index < -0.39 is 11.9 Å². The van der Waals surface area contributed by atoms with Crippen molar-refractivity contribution in [3.8, 4) is 0 Å². The van der Waals surface area contributed by atoms with Gasteiger partial charge in [-0.2, -0.15) is 0 Å². The second-order valence-electron chi connectivity index (χ2n) is 4.65. The van der Waals surface area contributed by atoms with Crippen molar-refractivity contribution in [2.45, 2.75) is 33.2 Å². The molecule has 0 fully saturated rings. The highest BCUT2D eigenvalue weighted by Gasteiger charge is 2.17. The lowest BCUT2D eigenvalue weighted by molar-refractivity contribution is -0.141. The van der Waals surface area contributed by atoms with E-state index in [0.717, 1.165) is 17.7 Å². The Morgan fingerprint density at radius 3 is 2.75 bits per heavy atom. The molecule has 0 aliphatic carbocycles. The van der Waals surface area contributed by atoms with Crippen LogP contribution in [0.3, 0.4) is 0 Å². The van der Waals surface area contributed by atoms with Gasteiger partial charge in [-0.15, -0.1) is 0 Å². The lowest BCUT2D eigenvalue weighted by Gasteiger charge is -2.13. The highest BCUT2D eigenvalue weighted by atomic mass is 16.4. The van der Waals surface area contributed by atoms with Gasteiger partial charge in [-0.1, -0.05) is 19.4 Å². The standard InChI is InChI=1S/C14H21N3O3/c1-3-5-11(13(18)19)8-16-14(20)17-9-12-10(2)6-4-7-15-12/h4,6-7,11H,3,5,8-9H2,1-2H3,(H,18,19)(H2,16,17,20). The van der Waals surface area contributed by atoms with E-state index in [4.69, 9.17) is 5.11 Å². The Morgan fingerprint density at radius 2 is 2.15 bits per heavy atom. The number of aliphatic carboxylic acids is 1. The maximum atomic E-state index is 11.6. The van der Waals surface area contributed by atoms with Gasteiger partial charge in [-0.25, -0.2) is 4.79 Å². The number of aryl methyl sites for hydroxylation is 1. The largest absolute Gasteiger partial charge is 0.481 e. The summed E-state index contributed by atoms with van der Waals surface area (Å²) in [5, 5.41) is 14.2. The number of nitrogens with zero attached hydrogens (tertiary/aromatic N) is 1. The minimum absolute atomic E-state index is 0.135. The van der Waals surface area contributed by atoms with Gasteiger partial charge < -0.3 is 15.7 Å². The maximum Gasteiger partial charge on any atom is 0.315 e. The first-order valence-electron chi connectivity index (χ1n) is 6.69. The van der Waals surface area contributed by atoms with E-state index in [0.29, 0.717) is 13.0 Å². The molecule has 0 saturated heterocycles. The molecule has 0 radical (unpaired) electrons. The van der Waals surface area contributed by atoms with E-state index in [1.807, 2.05) is 26.0 Å². The molecule has 0 spiro atoms. The average molecular weight is 279 g/mol. The van der Waals surface area contributed by atoms with Gasteiger partial charge in [0.25, 0.3) is 0 Å². The molecule has 0 aliphatic rings. The second-order valence-corrected chi connectivity index (χ2v) is 4.65. The van der Waals surface area contributed by atoms with Crippen molar-refractivity contribution in [2.24, 2.45) is 5.92 Å². The quantitative estimate of drug-likeness (QED) is 0.708. The fourth-order valence-corrected chi connectivity index (χ4v) is 1.81. The van der Waals surface area contributed by atoms with Gasteiger partial charge in [0, 0.05) is 12.7 Å². The number of carboxylic acids is 1. The summed E-state index contributed by atoms with van der Waals surface area (Å²) in [4.78, 5) is 26.7. The van der Waals surface area contributed by atoms with Gasteiger partial charge in [0.05, 0.1) is 18.2 Å². The first-order valence-corrected chi connectivity index (χ1v) is 6.69. The molecule has 6 nitrogen and oxygen atoms in total. The fourth-order valence-electron chi connectivity index (χ4n) is 1.81. The van der Waals surface area contributed by atoms with E-state index in [-0.39, 0.29) is 12.6 Å². The van der Waals surface area contributed by atoms with Crippen molar-refractivity contribution in [3.05, 3.63) is 29.6 Å². The third-order valence-corrected chi connectivity index (χ3v) is 3.03. The zero-order valence-electron chi connectivity index (χ0n) is 11.8. The number of carbonyl (C=O) groups is 2. The van der Waals surface area contributed by atoms with Crippen LogP contribution in [0.1, 0.15) is 31.0 Å². The van der Waals surface area contributed by atoms with Crippen LogP contribution in [0, 0.1) is 12.8 Å². The Labute approximate surface area is 118 Å². The third-order valence-electron chi connectivity index (χ3n) is 3.03. The normalized spacial score (nSPS) is 11.7. The van der Waals surface area contributed by atoms with Gasteiger partial charge in [0.2, 0.25) is 0 Å². The molecular weight excluding hydrogens is 258 g/mol. The molecule has 0 saturated carbocycles. The number of carbonyl (C=O) groups excluding carboxylic acids is 1. The molecule has 20 heavy (non-hydrogen) atoms. The Hall–Kier alpha value is -2.11. The summed E-state index contributed by atoms with van der Waals surface area (Å²) in [6.45, 7) is 4.30. The summed E-state index contributed by atoms with van der Waals surface area (Å²) in [6, 6.07) is 3.38. The molecule has 1 rings (SSSR count). The molecule has 1 aromatic rings. The van der Waals surface area contributed by atoms with Crippen molar-refractivity contribution < 1.29 is 14.7 Å². The number of nitrogens with one attached hydrogen (secondary N) is 2. The molecule has 0 aromatic carbocycles. The van der Waals surface area contributed by atoms with E-state index >= 15 is 0 Å². The third kappa shape index (κ3) is 5.26. The molecule has 1 heterocycles. The van der Waals surface area contributed by atoms with Crippen LogP contribution in [0.25, 0.3) is 0 Å². The Morgan fingerprint density at radius 1 is 1.40 bits per heavy atom. The zero-order chi connectivity index (χ0) is 15.0. The Balaban J connectivity index is 2.37. The summed E-state index contributed by atoms with van der Waals surface area (Å²) in [5.41, 5.74) is 1.80. The van der Waals surface area contributed by atoms with E-state index in [1.54, 1.807) is 6.20 Å². The van der Waals surface area contributed by atoms with Crippen molar-refractivity contribution in [1.82, 2.24) is 15.6 Å². The maximum absolute atomic E-state index is 11.6. The molecule has 1 atom stereocenters. The topological polar surface area (TPSA) is 91.3 Å². The highest BCUT2D eigenvalue weighted by molar-refractivity contribution is 5.75. The smallest absolute Gasteiger partial charge is 0.315 e.